The monoisotopic (exact) mass is 1110 g/mol. The van der Waals surface area contributed by atoms with Gasteiger partial charge in [0.1, 0.15) is 13.2 Å². The Hall–Kier alpha value is -6.27. The molecular weight excluding hydrogens is 997 g/mol. The molecular formula is C75H110O6. The van der Waals surface area contributed by atoms with Crippen LogP contribution in [-0.2, 0) is 28.6 Å². The van der Waals surface area contributed by atoms with Crippen molar-refractivity contribution >= 4 is 17.9 Å². The molecule has 0 N–H and O–H groups in total. The average Bonchev–Trinajstić information content (AvgIpc) is 3.47. The Kier molecular flexibility index (Phi) is 61.1. The van der Waals surface area contributed by atoms with Gasteiger partial charge in [-0.1, -0.05) is 259 Å². The second-order valence-electron chi connectivity index (χ2n) is 19.5. The van der Waals surface area contributed by atoms with Gasteiger partial charge in [0.05, 0.1) is 0 Å². The molecule has 0 heterocycles. The third-order valence-corrected chi connectivity index (χ3v) is 12.0. The van der Waals surface area contributed by atoms with Crippen molar-refractivity contribution in [2.24, 2.45) is 0 Å². The van der Waals surface area contributed by atoms with Crippen molar-refractivity contribution in [3.05, 3.63) is 219 Å². The summed E-state index contributed by atoms with van der Waals surface area (Å²) < 4.78 is 16.8. The van der Waals surface area contributed by atoms with E-state index >= 15 is 0 Å². The number of unbranched alkanes of at least 4 members (excludes halogenated alkanes) is 6. The topological polar surface area (TPSA) is 78.9 Å². The number of hydrogen-bond donors (Lipinski definition) is 0. The molecule has 446 valence electrons. The molecule has 0 radical (unpaired) electrons. The molecule has 0 rings (SSSR count). The standard InChI is InChI=1S/C75H110O6/c1-4-7-10-13-16-19-22-25-28-31-33-34-35-36-37-38-39-40-42-44-47-50-53-56-59-62-65-68-74(77)80-71-72(70-79-73(76)67-64-61-58-55-52-49-46-43-30-27-24-21-18-15-12-9-6-3)81-75(78)69-66-63-60-57-54-51-48-45-41-32-29-26-23-20-17-14-11-8-5-2/h7-12,16-21,25-30,33-34,36-37,39-41,44-47,49,51,54-55,58,60,63,72H,4-6,13-15,22-24,31-32,35,38,42-43,48,50,52-53,56-57,59,61-62,64-71H2,1-3H3/b10-7-,11-8-,12-9-,19-16-,20-17-,21-18-,28-25-,29-26-,30-27-,34-33-,37-36-,40-39-,45-41-,47-44-,49-46-,54-51-,58-55-,63-60-. The Morgan fingerprint density at radius 1 is 0.247 bits per heavy atom. The van der Waals surface area contributed by atoms with Crippen LogP contribution in [0.25, 0.3) is 0 Å². The van der Waals surface area contributed by atoms with Gasteiger partial charge < -0.3 is 14.2 Å². The fourth-order valence-electron chi connectivity index (χ4n) is 7.42. The van der Waals surface area contributed by atoms with Crippen molar-refractivity contribution in [2.75, 3.05) is 13.2 Å². The zero-order chi connectivity index (χ0) is 58.5. The number of allylic oxidation sites excluding steroid dienone is 36. The Balaban J connectivity index is 4.63. The first-order valence-electron chi connectivity index (χ1n) is 31.2. The first-order chi connectivity index (χ1) is 40.0. The lowest BCUT2D eigenvalue weighted by Crippen LogP contribution is -2.30. The minimum atomic E-state index is -0.867. The highest BCUT2D eigenvalue weighted by Crippen LogP contribution is 2.11. The lowest BCUT2D eigenvalue weighted by Gasteiger charge is -2.18. The van der Waals surface area contributed by atoms with Gasteiger partial charge in [0.25, 0.3) is 0 Å². The van der Waals surface area contributed by atoms with E-state index in [-0.39, 0.29) is 38.0 Å². The summed E-state index contributed by atoms with van der Waals surface area (Å²) in [6.45, 7) is 6.14. The number of carbonyl (C=O) groups excluding carboxylic acids is 3. The molecule has 0 fully saturated rings. The van der Waals surface area contributed by atoms with Crippen LogP contribution in [0.3, 0.4) is 0 Å². The van der Waals surface area contributed by atoms with E-state index in [2.05, 4.69) is 227 Å². The van der Waals surface area contributed by atoms with Crippen molar-refractivity contribution in [1.29, 1.82) is 0 Å². The maximum Gasteiger partial charge on any atom is 0.306 e. The van der Waals surface area contributed by atoms with E-state index in [1.807, 2.05) is 12.2 Å². The molecule has 6 heteroatoms. The van der Waals surface area contributed by atoms with Crippen LogP contribution in [0.5, 0.6) is 0 Å². The SMILES string of the molecule is CC/C=C\C/C=C\C/C=C\C/C=C\C/C=C\C/C=C\C/C=C\CCCCCCCC(=O)OCC(COC(=O)CCC/C=C\C/C=C\C/C=C\C/C=C\C/C=C\CC)OC(=O)CC/C=C\C/C=C\C/C=C\C/C=C\C/C=C\C/C=C\CC. The Morgan fingerprint density at radius 3 is 0.790 bits per heavy atom. The molecule has 1 unspecified atom stereocenters. The smallest absolute Gasteiger partial charge is 0.306 e. The van der Waals surface area contributed by atoms with Crippen LogP contribution in [0.15, 0.2) is 219 Å². The lowest BCUT2D eigenvalue weighted by atomic mass is 10.1. The van der Waals surface area contributed by atoms with Crippen molar-refractivity contribution < 1.29 is 28.6 Å². The molecule has 0 saturated heterocycles. The lowest BCUT2D eigenvalue weighted by molar-refractivity contribution is -0.166. The molecule has 0 spiro atoms. The zero-order valence-electron chi connectivity index (χ0n) is 50.9. The van der Waals surface area contributed by atoms with E-state index in [1.54, 1.807) is 0 Å². The summed E-state index contributed by atoms with van der Waals surface area (Å²) in [6, 6.07) is 0. The fourth-order valence-corrected chi connectivity index (χ4v) is 7.42. The van der Waals surface area contributed by atoms with Gasteiger partial charge in [-0.05, 0) is 154 Å². The second kappa shape index (κ2) is 66.2. The highest BCUT2D eigenvalue weighted by atomic mass is 16.6. The van der Waals surface area contributed by atoms with Crippen molar-refractivity contribution in [2.45, 2.75) is 219 Å². The summed E-state index contributed by atoms with van der Waals surface area (Å²) in [5, 5.41) is 0. The van der Waals surface area contributed by atoms with Gasteiger partial charge in [0.2, 0.25) is 0 Å². The van der Waals surface area contributed by atoms with Crippen LogP contribution in [0.2, 0.25) is 0 Å². The molecule has 0 aromatic heterocycles. The van der Waals surface area contributed by atoms with Crippen LogP contribution < -0.4 is 0 Å². The van der Waals surface area contributed by atoms with Crippen LogP contribution in [0.4, 0.5) is 0 Å². The quantitative estimate of drug-likeness (QED) is 0.0261. The summed E-state index contributed by atoms with van der Waals surface area (Å²) in [5.41, 5.74) is 0. The molecule has 1 atom stereocenters. The molecule has 0 aliphatic heterocycles. The van der Waals surface area contributed by atoms with Gasteiger partial charge in [-0.3, -0.25) is 14.4 Å². The third-order valence-electron chi connectivity index (χ3n) is 12.0. The van der Waals surface area contributed by atoms with Gasteiger partial charge in [-0.2, -0.15) is 0 Å². The van der Waals surface area contributed by atoms with Crippen LogP contribution >= 0.6 is 0 Å². The molecule has 81 heavy (non-hydrogen) atoms. The number of ether oxygens (including phenoxy) is 3. The summed E-state index contributed by atoms with van der Waals surface area (Å²) in [6.07, 6.45) is 104. The van der Waals surface area contributed by atoms with Crippen LogP contribution in [0.1, 0.15) is 213 Å². The molecule has 0 aromatic carbocycles. The minimum absolute atomic E-state index is 0.150. The summed E-state index contributed by atoms with van der Waals surface area (Å²) in [4.78, 5) is 38.3. The summed E-state index contributed by atoms with van der Waals surface area (Å²) in [5.74, 6) is -1.13. The predicted octanol–water partition coefficient (Wildman–Crippen LogP) is 21.8. The predicted molar refractivity (Wildman–Crippen MR) is 352 cm³/mol. The highest BCUT2D eigenvalue weighted by molar-refractivity contribution is 5.71. The van der Waals surface area contributed by atoms with Gasteiger partial charge in [-0.15, -0.1) is 0 Å². The Labute approximate surface area is 495 Å². The van der Waals surface area contributed by atoms with Gasteiger partial charge >= 0.3 is 17.9 Å². The largest absolute Gasteiger partial charge is 0.462 e. The first-order valence-corrected chi connectivity index (χ1v) is 31.2. The van der Waals surface area contributed by atoms with E-state index < -0.39 is 12.1 Å². The maximum absolute atomic E-state index is 12.9. The second-order valence-corrected chi connectivity index (χ2v) is 19.5. The average molecular weight is 1110 g/mol. The van der Waals surface area contributed by atoms with E-state index in [0.29, 0.717) is 19.3 Å². The van der Waals surface area contributed by atoms with E-state index in [1.165, 1.54) is 0 Å². The van der Waals surface area contributed by atoms with E-state index in [4.69, 9.17) is 14.2 Å². The summed E-state index contributed by atoms with van der Waals surface area (Å²) >= 11 is 0. The number of esters is 3. The fraction of sp³-hybridized carbons (Fsp3) is 0.480. The van der Waals surface area contributed by atoms with Gasteiger partial charge in [0, 0.05) is 19.3 Å². The Morgan fingerprint density at radius 2 is 0.481 bits per heavy atom. The Bertz CT molecular complexity index is 2050. The minimum Gasteiger partial charge on any atom is -0.462 e. The van der Waals surface area contributed by atoms with Crippen LogP contribution in [0, 0.1) is 0 Å². The maximum atomic E-state index is 12.9. The van der Waals surface area contributed by atoms with E-state index in [0.717, 1.165) is 161 Å². The first kappa shape index (κ1) is 74.7. The number of hydrogen-bond acceptors (Lipinski definition) is 6. The van der Waals surface area contributed by atoms with Crippen molar-refractivity contribution in [3.8, 4) is 0 Å². The molecule has 0 aromatic rings. The number of carbonyl (C=O) groups is 3. The zero-order valence-corrected chi connectivity index (χ0v) is 50.9. The third kappa shape index (κ3) is 64.4. The number of rotatable bonds is 53. The molecule has 0 amide bonds. The highest BCUT2D eigenvalue weighted by Gasteiger charge is 2.19. The van der Waals surface area contributed by atoms with Crippen molar-refractivity contribution in [1.82, 2.24) is 0 Å². The van der Waals surface area contributed by atoms with Gasteiger partial charge in [0.15, 0.2) is 6.10 Å². The van der Waals surface area contributed by atoms with E-state index in [9.17, 15) is 14.4 Å². The molecule has 0 aliphatic carbocycles. The van der Waals surface area contributed by atoms with Gasteiger partial charge in [-0.25, -0.2) is 0 Å². The molecule has 0 aliphatic rings. The molecule has 6 nitrogen and oxygen atoms in total. The molecule has 0 saturated carbocycles. The van der Waals surface area contributed by atoms with Crippen LogP contribution in [-0.4, -0.2) is 37.2 Å². The molecule has 0 bridgehead atoms. The van der Waals surface area contributed by atoms with Crippen molar-refractivity contribution in [3.63, 3.8) is 0 Å². The summed E-state index contributed by atoms with van der Waals surface area (Å²) in [7, 11) is 0. The normalized spacial score (nSPS) is 13.7.